The minimum atomic E-state index is -3.09. The molecule has 11 nitrogen and oxygen atoms in total. The van der Waals surface area contributed by atoms with Crippen LogP contribution in [0, 0.1) is 0 Å². The van der Waals surface area contributed by atoms with Crippen LogP contribution in [-0.2, 0) is 11.3 Å². The van der Waals surface area contributed by atoms with Gasteiger partial charge in [0, 0.05) is 41.7 Å². The van der Waals surface area contributed by atoms with E-state index in [1.54, 1.807) is 42.5 Å². The van der Waals surface area contributed by atoms with Crippen LogP contribution in [-0.4, -0.2) is 61.3 Å². The van der Waals surface area contributed by atoms with Crippen LogP contribution in [0.5, 0.6) is 5.75 Å². The molecule has 1 aliphatic rings. The third-order valence-electron chi connectivity index (χ3n) is 5.43. The van der Waals surface area contributed by atoms with Crippen LogP contribution in [0.2, 0.25) is 0 Å². The van der Waals surface area contributed by atoms with Gasteiger partial charge in [-0.25, -0.2) is 9.50 Å². The monoisotopic (exact) mass is 516 g/mol. The number of halogens is 2. The second kappa shape index (κ2) is 10.1. The van der Waals surface area contributed by atoms with Crippen LogP contribution >= 0.6 is 11.8 Å². The van der Waals surface area contributed by atoms with Crippen molar-refractivity contribution in [1.82, 2.24) is 29.7 Å². The number of nitrogens with zero attached hydrogens (tertiary/aromatic N) is 5. The Labute approximate surface area is 207 Å². The van der Waals surface area contributed by atoms with Gasteiger partial charge in [0.05, 0.1) is 35.4 Å². The molecule has 1 aliphatic heterocycles. The van der Waals surface area contributed by atoms with Gasteiger partial charge in [-0.3, -0.25) is 9.48 Å². The maximum atomic E-state index is 13.3. The van der Waals surface area contributed by atoms with Gasteiger partial charge in [-0.2, -0.15) is 19.0 Å². The summed E-state index contributed by atoms with van der Waals surface area (Å²) in [7, 11) is 1.80. The SMILES string of the molecule is CNCCn1cc(NC(O)c2cnn3cccnc23)c(-c2cc3c(cc2OC(F)F)NC(=O)CS3)n1. The summed E-state index contributed by atoms with van der Waals surface area (Å²) in [5.74, 6) is -0.184. The Morgan fingerprint density at radius 2 is 2.22 bits per heavy atom. The number of alkyl halides is 2. The van der Waals surface area contributed by atoms with Crippen LogP contribution in [0.25, 0.3) is 16.9 Å². The van der Waals surface area contributed by atoms with Crippen LogP contribution < -0.4 is 20.7 Å². The number of hydrogen-bond acceptors (Lipinski definition) is 9. The van der Waals surface area contributed by atoms with Crippen molar-refractivity contribution in [2.45, 2.75) is 24.3 Å². The zero-order valence-electron chi connectivity index (χ0n) is 19.0. The lowest BCUT2D eigenvalue weighted by Gasteiger charge is -2.20. The molecule has 1 atom stereocenters. The van der Waals surface area contributed by atoms with Crippen LogP contribution in [0.4, 0.5) is 20.2 Å². The van der Waals surface area contributed by atoms with E-state index in [4.69, 9.17) is 4.74 Å². The molecule has 14 heteroatoms. The number of fused-ring (bicyclic) bond motifs is 2. The van der Waals surface area contributed by atoms with Gasteiger partial charge in [0.25, 0.3) is 0 Å². The first-order valence-corrected chi connectivity index (χ1v) is 11.9. The lowest BCUT2D eigenvalue weighted by molar-refractivity contribution is -0.113. The number of ether oxygens (including phenoxy) is 1. The quantitative estimate of drug-likeness (QED) is 0.248. The number of likely N-dealkylation sites (N-methyl/N-ethyl adjacent to an activating group) is 1. The van der Waals surface area contributed by atoms with E-state index in [0.29, 0.717) is 46.3 Å². The standard InChI is InChI=1S/C22H22F2N8O3S/c1-25-4-6-31-10-15(29-21(34)13-9-27-32-5-2-3-26-20(13)32)19(30-31)12-7-17-14(28-18(33)11-36-17)8-16(12)35-22(23)24/h2-3,5,7-10,21-22,25,29,34H,4,6,11H2,1H3,(H,28,33). The first-order chi connectivity index (χ1) is 17.4. The van der Waals surface area contributed by atoms with Gasteiger partial charge in [-0.1, -0.05) is 0 Å². The summed E-state index contributed by atoms with van der Waals surface area (Å²) >= 11 is 1.28. The average Bonchev–Trinajstić information content (AvgIpc) is 3.46. The summed E-state index contributed by atoms with van der Waals surface area (Å²) in [4.78, 5) is 16.8. The molecule has 4 heterocycles. The molecule has 0 bridgehead atoms. The van der Waals surface area contributed by atoms with Gasteiger partial charge >= 0.3 is 6.61 Å². The molecule has 0 radical (unpaired) electrons. The Bertz CT molecular complexity index is 1410. The first kappa shape index (κ1) is 24.0. The number of anilines is 2. The number of benzene rings is 1. The summed E-state index contributed by atoms with van der Waals surface area (Å²) in [5, 5.41) is 28.5. The van der Waals surface area contributed by atoms with E-state index in [-0.39, 0.29) is 23.0 Å². The molecule has 36 heavy (non-hydrogen) atoms. The topological polar surface area (TPSA) is 131 Å². The van der Waals surface area contributed by atoms with E-state index in [2.05, 4.69) is 31.1 Å². The van der Waals surface area contributed by atoms with E-state index >= 15 is 0 Å². The molecule has 0 spiro atoms. The largest absolute Gasteiger partial charge is 0.434 e. The Morgan fingerprint density at radius 1 is 1.36 bits per heavy atom. The predicted molar refractivity (Wildman–Crippen MR) is 129 cm³/mol. The van der Waals surface area contributed by atoms with Crippen molar-refractivity contribution in [3.63, 3.8) is 0 Å². The molecule has 1 aromatic carbocycles. The smallest absolute Gasteiger partial charge is 0.387 e. The highest BCUT2D eigenvalue weighted by Crippen LogP contribution is 2.43. The number of carbonyl (C=O) groups is 1. The molecule has 0 saturated carbocycles. The second-order valence-corrected chi connectivity index (χ2v) is 8.87. The third-order valence-corrected chi connectivity index (χ3v) is 6.49. The van der Waals surface area contributed by atoms with Gasteiger partial charge in [-0.15, -0.1) is 11.8 Å². The molecule has 4 aromatic rings. The lowest BCUT2D eigenvalue weighted by Crippen LogP contribution is -2.19. The Hall–Kier alpha value is -3.75. The van der Waals surface area contributed by atoms with Crippen molar-refractivity contribution < 1.29 is 23.4 Å². The fraction of sp³-hybridized carbons (Fsp3) is 0.273. The number of aromatic nitrogens is 5. The molecule has 5 rings (SSSR count). The maximum Gasteiger partial charge on any atom is 0.387 e. The van der Waals surface area contributed by atoms with Gasteiger partial charge in [0.15, 0.2) is 11.9 Å². The van der Waals surface area contributed by atoms with Gasteiger partial charge in [0.2, 0.25) is 5.91 Å². The summed E-state index contributed by atoms with van der Waals surface area (Å²) in [6.45, 7) is -2.00. The Balaban J connectivity index is 1.57. The highest BCUT2D eigenvalue weighted by atomic mass is 32.2. The minimum Gasteiger partial charge on any atom is -0.434 e. The lowest BCUT2D eigenvalue weighted by atomic mass is 10.1. The second-order valence-electron chi connectivity index (χ2n) is 7.85. The predicted octanol–water partition coefficient (Wildman–Crippen LogP) is 2.56. The normalized spacial score (nSPS) is 14.1. The van der Waals surface area contributed by atoms with Crippen molar-refractivity contribution in [2.75, 3.05) is 30.0 Å². The summed E-state index contributed by atoms with van der Waals surface area (Å²) in [5.41, 5.74) is 2.25. The summed E-state index contributed by atoms with van der Waals surface area (Å²) in [6, 6.07) is 4.73. The summed E-state index contributed by atoms with van der Waals surface area (Å²) in [6.07, 6.45) is 5.25. The molecule has 188 valence electrons. The minimum absolute atomic E-state index is 0.152. The molecular weight excluding hydrogens is 494 g/mol. The van der Waals surface area contributed by atoms with Crippen molar-refractivity contribution in [3.8, 4) is 17.0 Å². The van der Waals surface area contributed by atoms with E-state index in [9.17, 15) is 18.7 Å². The molecule has 1 unspecified atom stereocenters. The number of carbonyl (C=O) groups excluding carboxylic acids is 1. The van der Waals surface area contributed by atoms with E-state index in [0.717, 1.165) is 0 Å². The van der Waals surface area contributed by atoms with Crippen molar-refractivity contribution in [1.29, 1.82) is 0 Å². The molecule has 0 fully saturated rings. The van der Waals surface area contributed by atoms with Gasteiger partial charge in [0.1, 0.15) is 11.4 Å². The molecule has 0 aliphatic carbocycles. The molecular formula is C22H22F2N8O3S. The van der Waals surface area contributed by atoms with E-state index in [1.807, 2.05) is 0 Å². The van der Waals surface area contributed by atoms with E-state index in [1.165, 1.54) is 28.5 Å². The van der Waals surface area contributed by atoms with Crippen molar-refractivity contribution in [2.24, 2.45) is 0 Å². The fourth-order valence-corrected chi connectivity index (χ4v) is 4.64. The first-order valence-electron chi connectivity index (χ1n) is 10.9. The summed E-state index contributed by atoms with van der Waals surface area (Å²) < 4.78 is 34.6. The molecule has 4 N–H and O–H groups in total. The maximum absolute atomic E-state index is 13.3. The Kier molecular flexibility index (Phi) is 6.71. The Morgan fingerprint density at radius 3 is 3.03 bits per heavy atom. The average molecular weight is 517 g/mol. The number of nitrogens with one attached hydrogen (secondary N) is 3. The van der Waals surface area contributed by atoms with Crippen LogP contribution in [0.3, 0.4) is 0 Å². The zero-order valence-corrected chi connectivity index (χ0v) is 19.8. The third kappa shape index (κ3) is 4.82. The molecule has 3 aromatic heterocycles. The number of aliphatic hydroxyl groups is 1. The zero-order chi connectivity index (χ0) is 25.2. The highest BCUT2D eigenvalue weighted by molar-refractivity contribution is 8.00. The molecule has 1 amide bonds. The van der Waals surface area contributed by atoms with E-state index < -0.39 is 12.8 Å². The van der Waals surface area contributed by atoms with Crippen molar-refractivity contribution >= 4 is 34.7 Å². The number of aliphatic hydroxyl groups excluding tert-OH is 1. The number of hydrogen-bond donors (Lipinski definition) is 4. The van der Waals surface area contributed by atoms with Crippen molar-refractivity contribution in [3.05, 3.63) is 48.5 Å². The van der Waals surface area contributed by atoms with Gasteiger partial charge < -0.3 is 25.8 Å². The van der Waals surface area contributed by atoms with Crippen LogP contribution in [0.1, 0.15) is 11.8 Å². The van der Waals surface area contributed by atoms with Gasteiger partial charge in [-0.05, 0) is 19.2 Å². The number of rotatable bonds is 9. The highest BCUT2D eigenvalue weighted by Gasteiger charge is 2.25. The number of amides is 1. The number of thioether (sulfide) groups is 1. The van der Waals surface area contributed by atoms with Crippen LogP contribution in [0.15, 0.2) is 47.9 Å². The molecule has 0 saturated heterocycles. The fourth-order valence-electron chi connectivity index (χ4n) is 3.82.